The second-order valence-corrected chi connectivity index (χ2v) is 5.03. The normalized spacial score (nSPS) is 23.6. The fourth-order valence-electron chi connectivity index (χ4n) is 2.42. The summed E-state index contributed by atoms with van der Waals surface area (Å²) in [5.41, 5.74) is -0.847. The number of rotatable bonds is 4. The van der Waals surface area contributed by atoms with E-state index in [2.05, 4.69) is 0 Å². The van der Waals surface area contributed by atoms with Crippen LogP contribution in [0.15, 0.2) is 18.2 Å². The topological polar surface area (TPSA) is 18.5 Å². The van der Waals surface area contributed by atoms with E-state index in [1.54, 1.807) is 7.11 Å². The van der Waals surface area contributed by atoms with Crippen LogP contribution < -0.4 is 10.2 Å². The summed E-state index contributed by atoms with van der Waals surface area (Å²) in [6, 6.07) is 2.28. The van der Waals surface area contributed by atoms with Gasteiger partial charge in [0.15, 0.2) is 11.6 Å². The van der Waals surface area contributed by atoms with Crippen LogP contribution in [0.5, 0.6) is 5.75 Å². The Hall–Kier alpha value is -1.24. The van der Waals surface area contributed by atoms with E-state index in [1.165, 1.54) is 0 Å². The molecule has 1 aromatic rings. The summed E-state index contributed by atoms with van der Waals surface area (Å²) < 4.78 is 62.2. The van der Waals surface area contributed by atoms with E-state index < -0.39 is 18.3 Å². The molecule has 1 aromatic carbocycles. The van der Waals surface area contributed by atoms with Gasteiger partial charge in [-0.2, -0.15) is 0 Å². The SMILES string of the molecule is COC1CCCC(Oc2cc([B-](F)(F)F)ccc2F)C1. The summed E-state index contributed by atoms with van der Waals surface area (Å²) in [5.74, 6) is -1.10. The van der Waals surface area contributed by atoms with Crippen molar-refractivity contribution in [3.05, 3.63) is 24.0 Å². The molecular weight excluding hydrogens is 275 g/mol. The van der Waals surface area contributed by atoms with Gasteiger partial charge < -0.3 is 22.4 Å². The maximum absolute atomic E-state index is 13.6. The molecule has 2 unspecified atom stereocenters. The minimum Gasteiger partial charge on any atom is -0.487 e. The third kappa shape index (κ3) is 3.65. The van der Waals surface area contributed by atoms with Crippen molar-refractivity contribution in [2.75, 3.05) is 7.11 Å². The van der Waals surface area contributed by atoms with Crippen molar-refractivity contribution in [2.45, 2.75) is 37.9 Å². The van der Waals surface area contributed by atoms with Gasteiger partial charge in [0.25, 0.3) is 0 Å². The molecule has 1 aliphatic rings. The second kappa shape index (κ2) is 6.03. The van der Waals surface area contributed by atoms with Crippen LogP contribution in [0.25, 0.3) is 0 Å². The fourth-order valence-corrected chi connectivity index (χ4v) is 2.42. The highest BCUT2D eigenvalue weighted by Gasteiger charge is 2.28. The van der Waals surface area contributed by atoms with Crippen molar-refractivity contribution in [1.82, 2.24) is 0 Å². The molecule has 20 heavy (non-hydrogen) atoms. The largest absolute Gasteiger partial charge is 0.509 e. The lowest BCUT2D eigenvalue weighted by molar-refractivity contribution is 0.0197. The minimum absolute atomic E-state index is 0.0202. The van der Waals surface area contributed by atoms with Crippen molar-refractivity contribution >= 4 is 12.4 Å². The highest BCUT2D eigenvalue weighted by Crippen LogP contribution is 2.27. The van der Waals surface area contributed by atoms with Crippen LogP contribution in [0.3, 0.4) is 0 Å². The molecule has 2 rings (SSSR count). The van der Waals surface area contributed by atoms with Gasteiger partial charge in [0, 0.05) is 13.5 Å². The van der Waals surface area contributed by atoms with E-state index in [1.807, 2.05) is 0 Å². The Labute approximate surface area is 115 Å². The van der Waals surface area contributed by atoms with Gasteiger partial charge in [-0.15, -0.1) is 5.46 Å². The number of hydrogen-bond acceptors (Lipinski definition) is 2. The summed E-state index contributed by atoms with van der Waals surface area (Å²) in [7, 11) is 1.58. The lowest BCUT2D eigenvalue weighted by Crippen LogP contribution is -2.35. The summed E-state index contributed by atoms with van der Waals surface area (Å²) in [6.45, 7) is -5.15. The van der Waals surface area contributed by atoms with Crippen LogP contribution in [-0.2, 0) is 4.74 Å². The lowest BCUT2D eigenvalue weighted by atomic mass is 9.80. The third-order valence-corrected chi connectivity index (χ3v) is 3.54. The summed E-state index contributed by atoms with van der Waals surface area (Å²) >= 11 is 0. The molecule has 0 bridgehead atoms. The van der Waals surface area contributed by atoms with Gasteiger partial charge in [-0.25, -0.2) is 4.39 Å². The maximum Gasteiger partial charge on any atom is 0.509 e. The van der Waals surface area contributed by atoms with Crippen LogP contribution >= 0.6 is 0 Å². The van der Waals surface area contributed by atoms with E-state index in [-0.39, 0.29) is 18.0 Å². The Morgan fingerprint density at radius 1 is 1.15 bits per heavy atom. The van der Waals surface area contributed by atoms with E-state index in [0.29, 0.717) is 12.8 Å². The zero-order valence-corrected chi connectivity index (χ0v) is 11.1. The molecule has 1 fully saturated rings. The first kappa shape index (κ1) is 15.2. The quantitative estimate of drug-likeness (QED) is 0.626. The molecule has 1 aliphatic carbocycles. The highest BCUT2D eigenvalue weighted by atomic mass is 19.4. The molecule has 0 N–H and O–H groups in total. The first-order chi connectivity index (χ1) is 9.40. The molecule has 0 saturated heterocycles. The molecule has 0 spiro atoms. The van der Waals surface area contributed by atoms with Crippen molar-refractivity contribution < 1.29 is 26.8 Å². The van der Waals surface area contributed by atoms with Gasteiger partial charge >= 0.3 is 6.98 Å². The predicted molar refractivity (Wildman–Crippen MR) is 68.8 cm³/mol. The van der Waals surface area contributed by atoms with Gasteiger partial charge in [0.05, 0.1) is 6.10 Å². The van der Waals surface area contributed by atoms with Crippen molar-refractivity contribution in [3.8, 4) is 5.75 Å². The van der Waals surface area contributed by atoms with Crippen molar-refractivity contribution in [1.29, 1.82) is 0 Å². The Morgan fingerprint density at radius 3 is 2.50 bits per heavy atom. The number of hydrogen-bond donors (Lipinski definition) is 0. The summed E-state index contributed by atoms with van der Waals surface area (Å²) in [4.78, 5) is 0. The van der Waals surface area contributed by atoms with Crippen LogP contribution in [0.1, 0.15) is 25.7 Å². The van der Waals surface area contributed by atoms with Gasteiger partial charge in [0.2, 0.25) is 0 Å². The number of methoxy groups -OCH3 is 1. The molecule has 1 saturated carbocycles. The Bertz CT molecular complexity index is 464. The molecule has 7 heteroatoms. The van der Waals surface area contributed by atoms with Gasteiger partial charge in [-0.1, -0.05) is 6.07 Å². The van der Waals surface area contributed by atoms with Crippen molar-refractivity contribution in [2.24, 2.45) is 0 Å². The number of halogens is 4. The van der Waals surface area contributed by atoms with E-state index in [4.69, 9.17) is 9.47 Å². The zero-order chi connectivity index (χ0) is 14.8. The van der Waals surface area contributed by atoms with Gasteiger partial charge in [-0.3, -0.25) is 0 Å². The Kier molecular flexibility index (Phi) is 4.57. The zero-order valence-electron chi connectivity index (χ0n) is 11.1. The van der Waals surface area contributed by atoms with Crippen LogP contribution in [0.2, 0.25) is 0 Å². The molecule has 0 heterocycles. The molecular formula is C13H16BF4O2-. The minimum atomic E-state index is -5.15. The van der Waals surface area contributed by atoms with E-state index >= 15 is 0 Å². The smallest absolute Gasteiger partial charge is 0.487 e. The van der Waals surface area contributed by atoms with E-state index in [9.17, 15) is 17.3 Å². The average molecular weight is 291 g/mol. The predicted octanol–water partition coefficient (Wildman–Crippen LogP) is 3.22. The number of ether oxygens (including phenoxy) is 2. The molecule has 0 amide bonds. The molecule has 112 valence electrons. The molecule has 2 nitrogen and oxygen atoms in total. The molecule has 0 aromatic heterocycles. The van der Waals surface area contributed by atoms with Crippen LogP contribution in [0.4, 0.5) is 17.3 Å². The first-order valence-corrected chi connectivity index (χ1v) is 6.59. The first-order valence-electron chi connectivity index (χ1n) is 6.59. The maximum atomic E-state index is 13.6. The monoisotopic (exact) mass is 291 g/mol. The van der Waals surface area contributed by atoms with Crippen molar-refractivity contribution in [3.63, 3.8) is 0 Å². The van der Waals surface area contributed by atoms with Gasteiger partial charge in [-0.05, 0) is 31.4 Å². The molecule has 0 aliphatic heterocycles. The summed E-state index contributed by atoms with van der Waals surface area (Å²) in [5, 5.41) is 0. The summed E-state index contributed by atoms with van der Waals surface area (Å²) in [6.07, 6.45) is 2.72. The standard InChI is InChI=1S/C13H16BF4O2/c1-19-10-3-2-4-11(8-10)20-13-7-9(14(16,17)18)5-6-12(13)15/h5-7,10-11H,2-4,8H2,1H3/q-1. The van der Waals surface area contributed by atoms with Crippen LogP contribution in [0, 0.1) is 5.82 Å². The Balaban J connectivity index is 2.12. The van der Waals surface area contributed by atoms with Gasteiger partial charge in [0.1, 0.15) is 6.10 Å². The highest BCUT2D eigenvalue weighted by molar-refractivity contribution is 6.73. The Morgan fingerprint density at radius 2 is 1.85 bits per heavy atom. The third-order valence-electron chi connectivity index (χ3n) is 3.54. The fraction of sp³-hybridized carbons (Fsp3) is 0.538. The molecule has 2 atom stereocenters. The average Bonchev–Trinajstić information content (AvgIpc) is 2.40. The van der Waals surface area contributed by atoms with E-state index in [0.717, 1.165) is 31.0 Å². The number of benzene rings is 1. The lowest BCUT2D eigenvalue weighted by Gasteiger charge is -2.29. The molecule has 0 radical (unpaired) electrons. The van der Waals surface area contributed by atoms with Crippen LogP contribution in [-0.4, -0.2) is 26.3 Å². The second-order valence-electron chi connectivity index (χ2n) is 5.03.